The molecule has 2 aromatic carbocycles. The molecule has 2 rings (SSSR count). The van der Waals surface area contributed by atoms with Crippen LogP contribution >= 0.6 is 23.2 Å². The molecule has 0 aliphatic carbocycles. The number of rotatable bonds is 8. The van der Waals surface area contributed by atoms with Crippen molar-refractivity contribution in [2.24, 2.45) is 0 Å². The fourth-order valence-corrected chi connectivity index (χ4v) is 3.77. The molecule has 0 bridgehead atoms. The molecule has 2 aromatic rings. The molecular weight excluding hydrogens is 480 g/mol. The minimum absolute atomic E-state index is 0.0260. The van der Waals surface area contributed by atoms with E-state index in [0.29, 0.717) is 21.1 Å². The summed E-state index contributed by atoms with van der Waals surface area (Å²) in [4.78, 5) is 12.2. The number of amides is 1. The number of nitrogens with one attached hydrogen (secondary N) is 1. The maximum Gasteiger partial charge on any atom is 0.416 e. The zero-order valence-electron chi connectivity index (χ0n) is 16.5. The summed E-state index contributed by atoms with van der Waals surface area (Å²) in [6.45, 7) is 1.17. The second-order valence-corrected chi connectivity index (χ2v) is 9.26. The van der Waals surface area contributed by atoms with E-state index in [1.807, 2.05) is 6.92 Å². The Morgan fingerprint density at radius 1 is 1.13 bits per heavy atom. The van der Waals surface area contributed by atoms with Gasteiger partial charge in [0.15, 0.2) is 0 Å². The Morgan fingerprint density at radius 2 is 1.81 bits per heavy atom. The molecule has 0 aliphatic rings. The lowest BCUT2D eigenvalue weighted by Gasteiger charge is -2.24. The van der Waals surface area contributed by atoms with Crippen molar-refractivity contribution in [3.8, 4) is 5.75 Å². The number of ether oxygens (including phenoxy) is 1. The molecule has 1 N–H and O–H groups in total. The second-order valence-electron chi connectivity index (χ2n) is 6.54. The molecule has 0 heterocycles. The highest BCUT2D eigenvalue weighted by atomic mass is 35.5. The van der Waals surface area contributed by atoms with Gasteiger partial charge in [-0.15, -0.1) is 0 Å². The van der Waals surface area contributed by atoms with Crippen molar-refractivity contribution < 1.29 is 31.1 Å². The molecule has 0 unspecified atom stereocenters. The maximum atomic E-state index is 13.0. The molecule has 0 atom stereocenters. The highest BCUT2D eigenvalue weighted by Crippen LogP contribution is 2.36. The molecule has 0 fully saturated rings. The number of alkyl halides is 3. The average molecular weight is 499 g/mol. The van der Waals surface area contributed by atoms with Crippen LogP contribution in [0.5, 0.6) is 5.75 Å². The number of hydrogen-bond donors (Lipinski definition) is 1. The molecule has 0 saturated carbocycles. The summed E-state index contributed by atoms with van der Waals surface area (Å²) in [5.41, 5.74) is -0.665. The van der Waals surface area contributed by atoms with E-state index < -0.39 is 39.9 Å². The lowest BCUT2D eigenvalue weighted by atomic mass is 10.2. The van der Waals surface area contributed by atoms with Gasteiger partial charge in [0.1, 0.15) is 18.9 Å². The van der Waals surface area contributed by atoms with Crippen LogP contribution in [0.1, 0.15) is 11.1 Å². The third-order valence-electron chi connectivity index (χ3n) is 4.07. The third kappa shape index (κ3) is 7.19. The van der Waals surface area contributed by atoms with E-state index in [-0.39, 0.29) is 18.2 Å². The quantitative estimate of drug-likeness (QED) is 0.551. The monoisotopic (exact) mass is 498 g/mol. The van der Waals surface area contributed by atoms with Crippen molar-refractivity contribution in [2.75, 3.05) is 30.3 Å². The van der Waals surface area contributed by atoms with E-state index in [1.165, 1.54) is 0 Å². The van der Waals surface area contributed by atoms with Gasteiger partial charge in [0, 0.05) is 5.02 Å². The highest BCUT2D eigenvalue weighted by Gasteiger charge is 2.33. The van der Waals surface area contributed by atoms with E-state index in [9.17, 15) is 26.4 Å². The van der Waals surface area contributed by atoms with E-state index >= 15 is 0 Å². The molecule has 170 valence electrons. The predicted octanol–water partition coefficient (Wildman–Crippen LogP) is 4.28. The van der Waals surface area contributed by atoms with Gasteiger partial charge in [-0.05, 0) is 42.8 Å². The minimum atomic E-state index is -4.71. The number of benzene rings is 2. The molecule has 12 heteroatoms. The first kappa shape index (κ1) is 25.1. The molecule has 0 spiro atoms. The molecule has 1 amide bonds. The van der Waals surface area contributed by atoms with E-state index in [1.54, 1.807) is 18.2 Å². The molecule has 0 aliphatic heterocycles. The summed E-state index contributed by atoms with van der Waals surface area (Å²) in [6.07, 6.45) is -3.94. The number of halogens is 5. The van der Waals surface area contributed by atoms with Gasteiger partial charge in [-0.3, -0.25) is 9.10 Å². The van der Waals surface area contributed by atoms with Gasteiger partial charge in [0.05, 0.1) is 29.1 Å². The van der Waals surface area contributed by atoms with Crippen LogP contribution in [0.25, 0.3) is 0 Å². The van der Waals surface area contributed by atoms with Crippen LogP contribution < -0.4 is 14.4 Å². The van der Waals surface area contributed by atoms with Gasteiger partial charge in [-0.25, -0.2) is 8.42 Å². The largest absolute Gasteiger partial charge is 0.492 e. The summed E-state index contributed by atoms with van der Waals surface area (Å²) in [6, 6.07) is 7.31. The summed E-state index contributed by atoms with van der Waals surface area (Å²) in [5.74, 6) is -0.261. The number of anilines is 1. The highest BCUT2D eigenvalue weighted by molar-refractivity contribution is 7.92. The van der Waals surface area contributed by atoms with Crippen molar-refractivity contribution in [1.82, 2.24) is 5.32 Å². The van der Waals surface area contributed by atoms with Gasteiger partial charge in [0.25, 0.3) is 0 Å². The van der Waals surface area contributed by atoms with Crippen molar-refractivity contribution in [3.05, 3.63) is 57.6 Å². The fraction of sp³-hybridized carbons (Fsp3) is 0.316. The molecule has 0 radical (unpaired) electrons. The number of carbonyl (C=O) groups is 1. The summed E-state index contributed by atoms with van der Waals surface area (Å²) in [7, 11) is -4.11. The summed E-state index contributed by atoms with van der Waals surface area (Å²) in [5, 5.41) is 2.72. The zero-order valence-corrected chi connectivity index (χ0v) is 18.8. The van der Waals surface area contributed by atoms with Crippen molar-refractivity contribution in [3.63, 3.8) is 0 Å². The first-order valence-electron chi connectivity index (χ1n) is 8.79. The van der Waals surface area contributed by atoms with Crippen LogP contribution in [0.2, 0.25) is 10.0 Å². The normalized spacial score (nSPS) is 11.8. The number of sulfonamides is 1. The van der Waals surface area contributed by atoms with Crippen LogP contribution in [0.15, 0.2) is 36.4 Å². The van der Waals surface area contributed by atoms with Gasteiger partial charge >= 0.3 is 6.18 Å². The SMILES string of the molecule is Cc1ccc(OCCNC(=O)CN(c2cc(C(F)(F)F)ccc2Cl)S(C)(=O)=O)cc1Cl. The van der Waals surface area contributed by atoms with Gasteiger partial charge < -0.3 is 10.1 Å². The third-order valence-corrected chi connectivity index (χ3v) is 5.92. The van der Waals surface area contributed by atoms with Crippen molar-refractivity contribution in [2.45, 2.75) is 13.1 Å². The van der Waals surface area contributed by atoms with Gasteiger partial charge in [-0.2, -0.15) is 13.2 Å². The Labute approximate surface area is 187 Å². The van der Waals surface area contributed by atoms with E-state index in [4.69, 9.17) is 27.9 Å². The first-order chi connectivity index (χ1) is 14.3. The first-order valence-corrected chi connectivity index (χ1v) is 11.4. The number of carbonyl (C=O) groups excluding carboxylic acids is 1. The Bertz CT molecular complexity index is 1060. The summed E-state index contributed by atoms with van der Waals surface area (Å²) >= 11 is 11.9. The molecule has 31 heavy (non-hydrogen) atoms. The van der Waals surface area contributed by atoms with Crippen molar-refractivity contribution in [1.29, 1.82) is 0 Å². The molecule has 0 saturated heterocycles. The molecule has 0 aromatic heterocycles. The van der Waals surface area contributed by atoms with Crippen LogP contribution in [0.4, 0.5) is 18.9 Å². The molecular formula is C19H19Cl2F3N2O4S. The topological polar surface area (TPSA) is 75.7 Å². The molecule has 6 nitrogen and oxygen atoms in total. The number of nitrogens with zero attached hydrogens (tertiary/aromatic N) is 1. The summed E-state index contributed by atoms with van der Waals surface area (Å²) < 4.78 is 69.2. The fourth-order valence-electron chi connectivity index (χ4n) is 2.47. The van der Waals surface area contributed by atoms with E-state index in [2.05, 4.69) is 5.32 Å². The Morgan fingerprint density at radius 3 is 2.39 bits per heavy atom. The lowest BCUT2D eigenvalue weighted by molar-refractivity contribution is -0.137. The van der Waals surface area contributed by atoms with Gasteiger partial charge in [0.2, 0.25) is 15.9 Å². The average Bonchev–Trinajstić information content (AvgIpc) is 2.65. The van der Waals surface area contributed by atoms with Crippen LogP contribution in [-0.4, -0.2) is 40.3 Å². The van der Waals surface area contributed by atoms with Crippen LogP contribution in [-0.2, 0) is 21.0 Å². The second kappa shape index (κ2) is 9.97. The van der Waals surface area contributed by atoms with Gasteiger partial charge in [-0.1, -0.05) is 29.3 Å². The predicted molar refractivity (Wildman–Crippen MR) is 113 cm³/mol. The lowest BCUT2D eigenvalue weighted by Crippen LogP contribution is -2.41. The smallest absolute Gasteiger partial charge is 0.416 e. The number of hydrogen-bond acceptors (Lipinski definition) is 4. The Kier molecular flexibility index (Phi) is 8.07. The Hall–Kier alpha value is -2.17. The number of aryl methyl sites for hydroxylation is 1. The van der Waals surface area contributed by atoms with Crippen LogP contribution in [0.3, 0.4) is 0 Å². The Balaban J connectivity index is 2.05. The van der Waals surface area contributed by atoms with Crippen molar-refractivity contribution >= 4 is 44.8 Å². The van der Waals surface area contributed by atoms with E-state index in [0.717, 1.165) is 24.0 Å². The maximum absolute atomic E-state index is 13.0. The van der Waals surface area contributed by atoms with Crippen LogP contribution in [0, 0.1) is 6.92 Å². The minimum Gasteiger partial charge on any atom is -0.492 e. The zero-order chi connectivity index (χ0) is 23.4. The standard InChI is InChI=1S/C19H19Cl2F3N2O4S/c1-12-3-5-14(10-16(12)21)30-8-7-25-18(27)11-26(31(2,28)29)17-9-13(19(22,23)24)4-6-15(17)20/h3-6,9-10H,7-8,11H2,1-2H3,(H,25,27).